The number of benzene rings is 1. The normalized spacial score (nSPS) is 10.4. The molecule has 1 N–H and O–H groups in total. The molecule has 1 rings (SSSR count). The Hall–Kier alpha value is -1.26. The fourth-order valence-corrected chi connectivity index (χ4v) is 1.23. The highest BCUT2D eigenvalue weighted by atomic mass is 16.5. The number of methoxy groups -OCH3 is 2. The van der Waals surface area contributed by atoms with Gasteiger partial charge in [-0.25, -0.2) is 0 Å². The Morgan fingerprint density at radius 3 is 2.50 bits per heavy atom. The molecule has 4 nitrogen and oxygen atoms in total. The lowest BCUT2D eigenvalue weighted by Crippen LogP contribution is -2.12. The molecule has 0 spiro atoms. The Kier molecular flexibility index (Phi) is 3.73. The average molecular weight is 197 g/mol. The second-order valence-corrected chi connectivity index (χ2v) is 2.99. The van der Waals surface area contributed by atoms with E-state index in [1.807, 2.05) is 12.1 Å². The number of nitrogens with zero attached hydrogens (tertiary/aromatic N) is 1. The van der Waals surface area contributed by atoms with E-state index in [1.165, 1.54) is 0 Å². The SMILES string of the molecule is COc1ccc(CN(C)O)c(OC)c1. The van der Waals surface area contributed by atoms with Crippen molar-refractivity contribution < 1.29 is 14.7 Å². The second kappa shape index (κ2) is 4.83. The van der Waals surface area contributed by atoms with Gasteiger partial charge < -0.3 is 14.7 Å². The molecule has 0 bridgehead atoms. The van der Waals surface area contributed by atoms with Gasteiger partial charge in [0, 0.05) is 18.7 Å². The smallest absolute Gasteiger partial charge is 0.127 e. The fraction of sp³-hybridized carbons (Fsp3) is 0.400. The van der Waals surface area contributed by atoms with Crippen LogP contribution in [0.4, 0.5) is 0 Å². The number of hydrogen-bond donors (Lipinski definition) is 1. The molecule has 0 aliphatic carbocycles. The summed E-state index contributed by atoms with van der Waals surface area (Å²) in [6.07, 6.45) is 0. The molecular weight excluding hydrogens is 182 g/mol. The molecule has 0 aromatic heterocycles. The molecule has 14 heavy (non-hydrogen) atoms. The molecule has 1 aromatic carbocycles. The van der Waals surface area contributed by atoms with Crippen LogP contribution in [0.1, 0.15) is 5.56 Å². The molecule has 0 fully saturated rings. The summed E-state index contributed by atoms with van der Waals surface area (Å²) in [5, 5.41) is 10.2. The van der Waals surface area contributed by atoms with Crippen LogP contribution in [0.2, 0.25) is 0 Å². The van der Waals surface area contributed by atoms with E-state index < -0.39 is 0 Å². The van der Waals surface area contributed by atoms with Crippen molar-refractivity contribution in [2.24, 2.45) is 0 Å². The molecule has 0 unspecified atom stereocenters. The van der Waals surface area contributed by atoms with Crippen LogP contribution in [0, 0.1) is 0 Å². The molecule has 0 atom stereocenters. The van der Waals surface area contributed by atoms with Gasteiger partial charge in [-0.2, -0.15) is 5.06 Å². The number of hydrogen-bond acceptors (Lipinski definition) is 4. The van der Waals surface area contributed by atoms with Gasteiger partial charge in [0.1, 0.15) is 11.5 Å². The summed E-state index contributed by atoms with van der Waals surface area (Å²) in [4.78, 5) is 0. The van der Waals surface area contributed by atoms with Gasteiger partial charge >= 0.3 is 0 Å². The van der Waals surface area contributed by atoms with Gasteiger partial charge in [-0.1, -0.05) is 6.07 Å². The van der Waals surface area contributed by atoms with Crippen molar-refractivity contribution >= 4 is 0 Å². The largest absolute Gasteiger partial charge is 0.497 e. The second-order valence-electron chi connectivity index (χ2n) is 2.99. The zero-order valence-electron chi connectivity index (χ0n) is 8.65. The van der Waals surface area contributed by atoms with E-state index >= 15 is 0 Å². The van der Waals surface area contributed by atoms with Gasteiger partial charge in [-0.3, -0.25) is 0 Å². The lowest BCUT2D eigenvalue weighted by Gasteiger charge is -2.13. The van der Waals surface area contributed by atoms with Gasteiger partial charge in [-0.05, 0) is 6.07 Å². The maximum Gasteiger partial charge on any atom is 0.127 e. The minimum atomic E-state index is 0.424. The summed E-state index contributed by atoms with van der Waals surface area (Å²) in [5.74, 6) is 1.46. The van der Waals surface area contributed by atoms with E-state index in [0.717, 1.165) is 16.4 Å². The van der Waals surface area contributed by atoms with Gasteiger partial charge in [0.2, 0.25) is 0 Å². The van der Waals surface area contributed by atoms with E-state index in [9.17, 15) is 0 Å². The minimum absolute atomic E-state index is 0.424. The Morgan fingerprint density at radius 1 is 1.29 bits per heavy atom. The van der Waals surface area contributed by atoms with E-state index in [0.29, 0.717) is 12.3 Å². The Labute approximate surface area is 83.6 Å². The average Bonchev–Trinajstić information content (AvgIpc) is 2.17. The van der Waals surface area contributed by atoms with Crippen molar-refractivity contribution in [2.45, 2.75) is 6.54 Å². The van der Waals surface area contributed by atoms with Crippen molar-refractivity contribution in [3.8, 4) is 11.5 Å². The Morgan fingerprint density at radius 2 is 2.00 bits per heavy atom. The van der Waals surface area contributed by atoms with Gasteiger partial charge in [0.15, 0.2) is 0 Å². The van der Waals surface area contributed by atoms with Gasteiger partial charge in [-0.15, -0.1) is 0 Å². The van der Waals surface area contributed by atoms with Crippen LogP contribution in [-0.2, 0) is 6.54 Å². The van der Waals surface area contributed by atoms with E-state index in [2.05, 4.69) is 0 Å². The molecule has 78 valence electrons. The first-order valence-corrected chi connectivity index (χ1v) is 4.28. The standard InChI is InChI=1S/C10H15NO3/c1-11(12)7-8-4-5-9(13-2)6-10(8)14-3/h4-6,12H,7H2,1-3H3. The predicted molar refractivity (Wildman–Crippen MR) is 52.8 cm³/mol. The van der Waals surface area contributed by atoms with Crippen molar-refractivity contribution in [2.75, 3.05) is 21.3 Å². The molecule has 0 saturated heterocycles. The lowest BCUT2D eigenvalue weighted by molar-refractivity contribution is -0.0735. The van der Waals surface area contributed by atoms with Crippen molar-refractivity contribution in [1.82, 2.24) is 5.06 Å². The van der Waals surface area contributed by atoms with Crippen LogP contribution in [0.5, 0.6) is 11.5 Å². The third-order valence-corrected chi connectivity index (χ3v) is 1.89. The monoisotopic (exact) mass is 197 g/mol. The zero-order chi connectivity index (χ0) is 10.6. The van der Waals surface area contributed by atoms with Gasteiger partial charge in [0.25, 0.3) is 0 Å². The summed E-state index contributed by atoms with van der Waals surface area (Å²) in [5.41, 5.74) is 0.915. The highest BCUT2D eigenvalue weighted by Crippen LogP contribution is 2.24. The topological polar surface area (TPSA) is 41.9 Å². The summed E-state index contributed by atoms with van der Waals surface area (Å²) in [6, 6.07) is 5.49. The van der Waals surface area contributed by atoms with Crippen molar-refractivity contribution in [3.05, 3.63) is 23.8 Å². The number of hydroxylamine groups is 2. The fourth-order valence-electron chi connectivity index (χ4n) is 1.23. The Bertz CT molecular complexity index is 299. The quantitative estimate of drug-likeness (QED) is 0.743. The molecule has 0 amide bonds. The molecule has 4 heteroatoms. The van der Waals surface area contributed by atoms with Crippen LogP contribution >= 0.6 is 0 Å². The number of rotatable bonds is 4. The summed E-state index contributed by atoms with van der Waals surface area (Å²) in [7, 11) is 4.78. The highest BCUT2D eigenvalue weighted by Gasteiger charge is 2.06. The molecule has 0 heterocycles. The molecule has 1 aromatic rings. The maximum atomic E-state index is 9.10. The molecule has 0 aliphatic heterocycles. The third kappa shape index (κ3) is 2.61. The zero-order valence-corrected chi connectivity index (χ0v) is 8.65. The van der Waals surface area contributed by atoms with Gasteiger partial charge in [0.05, 0.1) is 20.8 Å². The summed E-state index contributed by atoms with van der Waals surface area (Å²) in [6.45, 7) is 0.424. The first-order chi connectivity index (χ1) is 6.67. The van der Waals surface area contributed by atoms with E-state index in [-0.39, 0.29) is 0 Å². The molecule has 0 radical (unpaired) electrons. The van der Waals surface area contributed by atoms with Crippen LogP contribution in [0.15, 0.2) is 18.2 Å². The summed E-state index contributed by atoms with van der Waals surface area (Å²) >= 11 is 0. The molecule has 0 aliphatic rings. The lowest BCUT2D eigenvalue weighted by atomic mass is 10.2. The molecular formula is C10H15NO3. The third-order valence-electron chi connectivity index (χ3n) is 1.89. The maximum absolute atomic E-state index is 9.10. The van der Waals surface area contributed by atoms with Crippen molar-refractivity contribution in [1.29, 1.82) is 0 Å². The molecule has 0 saturated carbocycles. The van der Waals surface area contributed by atoms with Crippen LogP contribution < -0.4 is 9.47 Å². The predicted octanol–water partition coefficient (Wildman–Crippen LogP) is 1.52. The first-order valence-electron chi connectivity index (χ1n) is 4.28. The van der Waals surface area contributed by atoms with Crippen LogP contribution in [0.3, 0.4) is 0 Å². The first kappa shape index (κ1) is 10.8. The van der Waals surface area contributed by atoms with Crippen LogP contribution in [0.25, 0.3) is 0 Å². The minimum Gasteiger partial charge on any atom is -0.497 e. The Balaban J connectivity index is 2.93. The van der Waals surface area contributed by atoms with Crippen LogP contribution in [-0.4, -0.2) is 31.5 Å². The number of ether oxygens (including phenoxy) is 2. The summed E-state index contributed by atoms with van der Waals surface area (Å²) < 4.78 is 10.2. The van der Waals surface area contributed by atoms with E-state index in [4.69, 9.17) is 14.7 Å². The highest BCUT2D eigenvalue weighted by molar-refractivity contribution is 5.40. The van der Waals surface area contributed by atoms with Crippen molar-refractivity contribution in [3.63, 3.8) is 0 Å². The van der Waals surface area contributed by atoms with E-state index in [1.54, 1.807) is 27.3 Å².